The molecule has 1 aromatic rings. The normalized spacial score (nSPS) is 12.2. The number of nitrogens with zero attached hydrogens (tertiary/aromatic N) is 3. The first-order chi connectivity index (χ1) is 7.09. The molecule has 1 heterocycles. The second-order valence-corrected chi connectivity index (χ2v) is 4.18. The van der Waals surface area contributed by atoms with Crippen molar-refractivity contribution in [2.75, 3.05) is 5.75 Å². The smallest absolute Gasteiger partial charge is 0.251 e. The fraction of sp³-hybridized carbons (Fsp3) is 0.375. The average molecular weight is 233 g/mol. The van der Waals surface area contributed by atoms with Crippen LogP contribution in [0.2, 0.25) is 0 Å². The Morgan fingerprint density at radius 1 is 1.53 bits per heavy atom. The van der Waals surface area contributed by atoms with Crippen molar-refractivity contribution in [3.63, 3.8) is 0 Å². The predicted octanol–water partition coefficient (Wildman–Crippen LogP) is 1.46. The topological polar surface area (TPSA) is 55.7 Å². The van der Waals surface area contributed by atoms with Gasteiger partial charge in [-0.1, -0.05) is 0 Å². The Bertz CT molecular complexity index is 376. The Morgan fingerprint density at radius 3 is 2.80 bits per heavy atom. The largest absolute Gasteiger partial charge is 0.266 e. The van der Waals surface area contributed by atoms with Gasteiger partial charge in [-0.2, -0.15) is 13.9 Å². The molecular formula is C8H9F2N3OS. The molecule has 0 spiro atoms. The van der Waals surface area contributed by atoms with Crippen LogP contribution in [0.3, 0.4) is 0 Å². The van der Waals surface area contributed by atoms with Gasteiger partial charge in [0.1, 0.15) is 0 Å². The van der Waals surface area contributed by atoms with Gasteiger partial charge in [-0.05, 0) is 19.4 Å². The highest BCUT2D eigenvalue weighted by Crippen LogP contribution is 2.03. The van der Waals surface area contributed by atoms with E-state index >= 15 is 0 Å². The Balaban J connectivity index is 2.54. The zero-order chi connectivity index (χ0) is 11.3. The van der Waals surface area contributed by atoms with Gasteiger partial charge in [0, 0.05) is 5.75 Å². The molecule has 4 nitrogen and oxygen atoms in total. The van der Waals surface area contributed by atoms with E-state index in [0.29, 0.717) is 5.69 Å². The maximum Gasteiger partial charge on any atom is 0.266 e. The molecule has 0 aliphatic carbocycles. The Labute approximate surface area is 87.9 Å². The molecule has 82 valence electrons. The lowest BCUT2D eigenvalue weighted by molar-refractivity contribution is 0.418. The van der Waals surface area contributed by atoms with Gasteiger partial charge in [0.15, 0.2) is 0 Å². The predicted molar refractivity (Wildman–Crippen MR) is 50.8 cm³/mol. The van der Waals surface area contributed by atoms with E-state index in [1.165, 1.54) is 6.20 Å². The molecule has 0 aliphatic rings. The Hall–Kier alpha value is -1.24. The zero-order valence-electron chi connectivity index (χ0n) is 7.98. The third-order valence-electron chi connectivity index (χ3n) is 1.46. The summed E-state index contributed by atoms with van der Waals surface area (Å²) in [6.07, 6.45) is 0.423. The van der Waals surface area contributed by atoms with Crippen molar-refractivity contribution in [1.82, 2.24) is 15.2 Å². The molecule has 15 heavy (non-hydrogen) atoms. The third-order valence-corrected chi connectivity index (χ3v) is 2.66. The summed E-state index contributed by atoms with van der Waals surface area (Å²) in [5.41, 5.74) is 0.616. The van der Waals surface area contributed by atoms with Gasteiger partial charge in [-0.25, -0.2) is 4.98 Å². The quantitative estimate of drug-likeness (QED) is 0.790. The minimum atomic E-state index is -1.77. The minimum absolute atomic E-state index is 0.0339. The van der Waals surface area contributed by atoms with Crippen LogP contribution in [0.25, 0.3) is 0 Å². The zero-order valence-corrected chi connectivity index (χ0v) is 8.80. The lowest BCUT2D eigenvalue weighted by Gasteiger charge is -1.97. The molecule has 1 atom stereocenters. The number of hydrogen-bond donors (Lipinski definition) is 0. The van der Waals surface area contributed by atoms with E-state index in [0.717, 1.165) is 6.08 Å². The van der Waals surface area contributed by atoms with Crippen molar-refractivity contribution in [3.05, 3.63) is 24.0 Å². The fourth-order valence-electron chi connectivity index (χ4n) is 0.793. The number of allylic oxidation sites excluding steroid dienone is 1. The van der Waals surface area contributed by atoms with Crippen LogP contribution in [0.5, 0.6) is 0 Å². The third kappa shape index (κ3) is 4.20. The van der Waals surface area contributed by atoms with Crippen molar-refractivity contribution in [2.24, 2.45) is 0 Å². The Morgan fingerprint density at radius 2 is 2.27 bits per heavy atom. The number of rotatable bonds is 4. The van der Waals surface area contributed by atoms with Crippen LogP contribution in [0.15, 0.2) is 23.5 Å². The van der Waals surface area contributed by atoms with Crippen molar-refractivity contribution in [3.8, 4) is 0 Å². The van der Waals surface area contributed by atoms with Gasteiger partial charge < -0.3 is 0 Å². The van der Waals surface area contributed by atoms with Crippen molar-refractivity contribution in [2.45, 2.75) is 18.5 Å². The molecular weight excluding hydrogens is 224 g/mol. The first kappa shape index (κ1) is 11.8. The average Bonchev–Trinajstić information content (AvgIpc) is 2.18. The van der Waals surface area contributed by atoms with Crippen LogP contribution in [-0.2, 0) is 10.8 Å². The van der Waals surface area contributed by atoms with Gasteiger partial charge in [0.05, 0.1) is 22.7 Å². The van der Waals surface area contributed by atoms with Crippen molar-refractivity contribution >= 4 is 10.8 Å². The number of aryl methyl sites for hydroxylation is 1. The van der Waals surface area contributed by atoms with E-state index in [2.05, 4.69) is 15.2 Å². The molecule has 0 fully saturated rings. The van der Waals surface area contributed by atoms with E-state index < -0.39 is 16.9 Å². The number of hydrogen-bond acceptors (Lipinski definition) is 4. The lowest BCUT2D eigenvalue weighted by atomic mass is 10.5. The summed E-state index contributed by atoms with van der Waals surface area (Å²) >= 11 is 0. The summed E-state index contributed by atoms with van der Waals surface area (Å²) in [6, 6.07) is 0. The molecule has 1 unspecified atom stereocenters. The van der Waals surface area contributed by atoms with Gasteiger partial charge in [0.2, 0.25) is 5.16 Å². The maximum absolute atomic E-state index is 11.7. The molecule has 0 aromatic carbocycles. The minimum Gasteiger partial charge on any atom is -0.251 e. The first-order valence-electron chi connectivity index (χ1n) is 4.15. The molecule has 0 radical (unpaired) electrons. The molecule has 0 saturated carbocycles. The second kappa shape index (κ2) is 5.59. The van der Waals surface area contributed by atoms with E-state index in [4.69, 9.17) is 0 Å². The maximum atomic E-state index is 11.7. The van der Waals surface area contributed by atoms with Crippen LogP contribution in [0.4, 0.5) is 8.78 Å². The molecule has 1 aromatic heterocycles. The van der Waals surface area contributed by atoms with Crippen molar-refractivity contribution < 1.29 is 13.0 Å². The van der Waals surface area contributed by atoms with Gasteiger partial charge >= 0.3 is 0 Å². The van der Waals surface area contributed by atoms with E-state index in [-0.39, 0.29) is 17.3 Å². The van der Waals surface area contributed by atoms with Crippen LogP contribution in [0, 0.1) is 6.92 Å². The van der Waals surface area contributed by atoms with Crippen LogP contribution in [-0.4, -0.2) is 25.1 Å². The first-order valence-corrected chi connectivity index (χ1v) is 5.47. The highest BCUT2D eigenvalue weighted by Gasteiger charge is 2.06. The molecule has 0 aliphatic heterocycles. The summed E-state index contributed by atoms with van der Waals surface area (Å²) in [7, 11) is -1.47. The molecule has 0 saturated heterocycles. The van der Waals surface area contributed by atoms with Crippen LogP contribution < -0.4 is 0 Å². The molecule has 0 N–H and O–H groups in total. The number of halogens is 2. The van der Waals surface area contributed by atoms with Crippen LogP contribution >= 0.6 is 0 Å². The molecule has 0 amide bonds. The summed E-state index contributed by atoms with van der Waals surface area (Å²) in [5.74, 6) is 0.0715. The lowest BCUT2D eigenvalue weighted by Crippen LogP contribution is -2.04. The van der Waals surface area contributed by atoms with Gasteiger partial charge in [-0.3, -0.25) is 4.21 Å². The van der Waals surface area contributed by atoms with Gasteiger partial charge in [0.25, 0.3) is 6.08 Å². The van der Waals surface area contributed by atoms with Crippen LogP contribution in [0.1, 0.15) is 12.1 Å². The Kier molecular flexibility index (Phi) is 4.41. The summed E-state index contributed by atoms with van der Waals surface area (Å²) in [5, 5.41) is 7.36. The van der Waals surface area contributed by atoms with Gasteiger partial charge in [-0.15, -0.1) is 5.10 Å². The molecule has 1 rings (SSSR count). The molecule has 7 heteroatoms. The monoisotopic (exact) mass is 233 g/mol. The fourth-order valence-corrected chi connectivity index (χ4v) is 1.61. The summed E-state index contributed by atoms with van der Waals surface area (Å²) in [4.78, 5) is 3.79. The van der Waals surface area contributed by atoms with E-state index in [1.54, 1.807) is 6.92 Å². The molecule has 0 bridgehead atoms. The summed E-state index contributed by atoms with van der Waals surface area (Å²) in [6.45, 7) is 1.70. The SMILES string of the molecule is Cc1cnc(S(=O)CCC=C(F)F)nn1. The van der Waals surface area contributed by atoms with E-state index in [9.17, 15) is 13.0 Å². The highest BCUT2D eigenvalue weighted by molar-refractivity contribution is 7.84. The summed E-state index contributed by atoms with van der Waals surface area (Å²) < 4.78 is 34.7. The standard InChI is InChI=1S/C8H9F2N3OS/c1-6-5-11-8(13-12-6)15(14)4-2-3-7(9)10/h3,5H,2,4H2,1H3. The number of aromatic nitrogens is 3. The van der Waals surface area contributed by atoms with E-state index in [1.807, 2.05) is 0 Å². The van der Waals surface area contributed by atoms with Crippen molar-refractivity contribution in [1.29, 1.82) is 0 Å². The second-order valence-electron chi connectivity index (χ2n) is 2.71. The highest BCUT2D eigenvalue weighted by atomic mass is 32.2.